The lowest BCUT2D eigenvalue weighted by molar-refractivity contribution is 0.595. The number of benzene rings is 3. The van der Waals surface area contributed by atoms with Crippen LogP contribution in [0, 0.1) is 0 Å². The van der Waals surface area contributed by atoms with E-state index in [-0.39, 0.29) is 5.75 Å². The summed E-state index contributed by atoms with van der Waals surface area (Å²) in [4.78, 5) is 6.94. The third-order valence-corrected chi connectivity index (χ3v) is 8.32. The first-order valence-electron chi connectivity index (χ1n) is 10.1. The molecule has 5 rings (SSSR count). The van der Waals surface area contributed by atoms with Gasteiger partial charge in [-0.25, -0.2) is 13.4 Å². The Labute approximate surface area is 180 Å². The van der Waals surface area contributed by atoms with Crippen molar-refractivity contribution in [3.63, 3.8) is 0 Å². The average molecular weight is 435 g/mol. The van der Waals surface area contributed by atoms with Crippen molar-refractivity contribution >= 4 is 37.6 Å². The maximum Gasteiger partial charge on any atom is 0.184 e. The maximum absolute atomic E-state index is 12.9. The van der Waals surface area contributed by atoms with Crippen LogP contribution >= 0.6 is 11.3 Å². The van der Waals surface area contributed by atoms with Crippen LogP contribution in [0.2, 0.25) is 0 Å². The molecule has 1 atom stereocenters. The van der Waals surface area contributed by atoms with Crippen molar-refractivity contribution in [3.05, 3.63) is 88.9 Å². The van der Waals surface area contributed by atoms with Gasteiger partial charge in [0.1, 0.15) is 10.8 Å². The van der Waals surface area contributed by atoms with E-state index in [1.807, 2.05) is 24.3 Å². The van der Waals surface area contributed by atoms with Crippen LogP contribution in [0.1, 0.15) is 29.5 Å². The maximum atomic E-state index is 12.9. The topological polar surface area (TPSA) is 50.3 Å². The summed E-state index contributed by atoms with van der Waals surface area (Å²) in [6.07, 6.45) is 3.91. The molecule has 0 N–H and O–H groups in total. The summed E-state index contributed by atoms with van der Waals surface area (Å²) in [5.74, 6) is -0.0575. The van der Waals surface area contributed by atoms with Crippen molar-refractivity contribution < 1.29 is 8.42 Å². The predicted octanol–water partition coefficient (Wildman–Crippen LogP) is 5.61. The number of rotatable bonds is 5. The van der Waals surface area contributed by atoms with Gasteiger partial charge in [0.2, 0.25) is 0 Å². The molecule has 3 aromatic carbocycles. The molecule has 1 aliphatic rings. The molecular formula is C24H22N2O2S2. The zero-order valence-electron chi connectivity index (χ0n) is 16.4. The van der Waals surface area contributed by atoms with Crippen LogP contribution < -0.4 is 4.90 Å². The molecular weight excluding hydrogens is 412 g/mol. The number of hydrogen-bond acceptors (Lipinski definition) is 5. The Morgan fingerprint density at radius 1 is 1.03 bits per heavy atom. The third-order valence-electron chi connectivity index (χ3n) is 5.73. The Morgan fingerprint density at radius 2 is 1.90 bits per heavy atom. The molecule has 0 amide bonds. The van der Waals surface area contributed by atoms with Gasteiger partial charge in [0, 0.05) is 29.2 Å². The number of fused-ring (bicyclic) bond motifs is 1. The van der Waals surface area contributed by atoms with Gasteiger partial charge < -0.3 is 4.90 Å². The Hall–Kier alpha value is -2.70. The van der Waals surface area contributed by atoms with E-state index >= 15 is 0 Å². The molecule has 1 fully saturated rings. The Morgan fingerprint density at radius 3 is 2.70 bits per heavy atom. The largest absolute Gasteiger partial charge is 0.364 e. The predicted molar refractivity (Wildman–Crippen MR) is 123 cm³/mol. The quantitative estimate of drug-likeness (QED) is 0.410. The van der Waals surface area contributed by atoms with Crippen LogP contribution in [0.3, 0.4) is 0 Å². The summed E-state index contributed by atoms with van der Waals surface area (Å²) >= 11 is 1.37. The minimum atomic E-state index is -3.43. The second-order valence-corrected chi connectivity index (χ2v) is 10.6. The van der Waals surface area contributed by atoms with Gasteiger partial charge in [-0.3, -0.25) is 0 Å². The second-order valence-electron chi connectivity index (χ2n) is 7.61. The first-order chi connectivity index (χ1) is 14.6. The highest BCUT2D eigenvalue weighted by molar-refractivity contribution is 7.90. The van der Waals surface area contributed by atoms with Crippen LogP contribution in [-0.2, 0) is 15.6 Å². The van der Waals surface area contributed by atoms with Gasteiger partial charge in [-0.15, -0.1) is 11.3 Å². The highest BCUT2D eigenvalue weighted by Crippen LogP contribution is 2.39. The van der Waals surface area contributed by atoms with Gasteiger partial charge in [0.25, 0.3) is 0 Å². The molecule has 2 heterocycles. The lowest BCUT2D eigenvalue weighted by Crippen LogP contribution is -2.22. The standard InChI is InChI=1S/C24H22N2O2S2/c27-30(28,17-24-25-13-15-29-24)20-11-12-21-19(16-20)8-4-9-23(21)26-14-5-10-22(26)18-6-2-1-3-7-18/h1-4,6-9,11-13,15-16,22H,5,10,14,17H2. The minimum Gasteiger partial charge on any atom is -0.364 e. The molecule has 1 unspecified atom stereocenters. The van der Waals surface area contributed by atoms with E-state index in [1.165, 1.54) is 22.6 Å². The van der Waals surface area contributed by atoms with Gasteiger partial charge in [0.05, 0.1) is 10.9 Å². The summed E-state index contributed by atoms with van der Waals surface area (Å²) in [6.45, 7) is 1.00. The first-order valence-corrected chi connectivity index (χ1v) is 12.6. The number of thiazole rings is 1. The molecule has 1 aromatic heterocycles. The fourth-order valence-electron chi connectivity index (χ4n) is 4.34. The Balaban J connectivity index is 1.52. The molecule has 1 saturated heterocycles. The summed E-state index contributed by atoms with van der Waals surface area (Å²) in [6, 6.07) is 22.6. The van der Waals surface area contributed by atoms with E-state index in [0.29, 0.717) is 15.9 Å². The van der Waals surface area contributed by atoms with Gasteiger partial charge in [-0.05, 0) is 42.0 Å². The normalized spacial score (nSPS) is 16.9. The molecule has 0 radical (unpaired) electrons. The number of anilines is 1. The molecule has 0 bridgehead atoms. The smallest absolute Gasteiger partial charge is 0.184 e. The number of hydrogen-bond donors (Lipinski definition) is 0. The Bertz CT molecular complexity index is 1270. The Kier molecular flexibility index (Phi) is 5.05. The monoisotopic (exact) mass is 434 g/mol. The number of nitrogens with zero attached hydrogens (tertiary/aromatic N) is 2. The van der Waals surface area contributed by atoms with Crippen molar-refractivity contribution in [1.29, 1.82) is 0 Å². The lowest BCUT2D eigenvalue weighted by atomic mass is 10.0. The van der Waals surface area contributed by atoms with Crippen molar-refractivity contribution in [1.82, 2.24) is 4.98 Å². The van der Waals surface area contributed by atoms with Gasteiger partial charge in [0.15, 0.2) is 9.84 Å². The van der Waals surface area contributed by atoms with Crippen molar-refractivity contribution in [2.45, 2.75) is 29.5 Å². The van der Waals surface area contributed by atoms with E-state index in [0.717, 1.165) is 30.2 Å². The molecule has 0 aliphatic carbocycles. The summed E-state index contributed by atoms with van der Waals surface area (Å²) in [7, 11) is -3.43. The van der Waals surface area contributed by atoms with Crippen LogP contribution in [0.5, 0.6) is 0 Å². The second kappa shape index (κ2) is 7.85. The average Bonchev–Trinajstić information content (AvgIpc) is 3.45. The molecule has 6 heteroatoms. The van der Waals surface area contributed by atoms with E-state index < -0.39 is 9.84 Å². The highest BCUT2D eigenvalue weighted by Gasteiger charge is 2.27. The molecule has 4 nitrogen and oxygen atoms in total. The molecule has 30 heavy (non-hydrogen) atoms. The summed E-state index contributed by atoms with van der Waals surface area (Å²) in [5, 5.41) is 4.46. The SMILES string of the molecule is O=S(=O)(Cc1nccs1)c1ccc2c(N3CCCC3c3ccccc3)cccc2c1. The van der Waals surface area contributed by atoms with Crippen LogP contribution in [-0.4, -0.2) is 19.9 Å². The molecule has 0 spiro atoms. The van der Waals surface area contributed by atoms with Crippen molar-refractivity contribution in [2.24, 2.45) is 0 Å². The van der Waals surface area contributed by atoms with E-state index in [9.17, 15) is 8.42 Å². The number of sulfone groups is 1. The van der Waals surface area contributed by atoms with Crippen LogP contribution in [0.15, 0.2) is 83.2 Å². The fourth-order valence-corrected chi connectivity index (χ4v) is 6.62. The van der Waals surface area contributed by atoms with Gasteiger partial charge in [-0.1, -0.05) is 48.5 Å². The van der Waals surface area contributed by atoms with E-state index in [1.54, 1.807) is 23.7 Å². The minimum absolute atomic E-state index is 0.0575. The van der Waals surface area contributed by atoms with Gasteiger partial charge >= 0.3 is 0 Å². The van der Waals surface area contributed by atoms with E-state index in [4.69, 9.17) is 0 Å². The fraction of sp³-hybridized carbons (Fsp3) is 0.208. The van der Waals surface area contributed by atoms with Gasteiger partial charge in [-0.2, -0.15) is 0 Å². The van der Waals surface area contributed by atoms with Crippen molar-refractivity contribution in [2.75, 3.05) is 11.4 Å². The zero-order valence-corrected chi connectivity index (χ0v) is 18.1. The van der Waals surface area contributed by atoms with E-state index in [2.05, 4.69) is 40.2 Å². The molecule has 1 aliphatic heterocycles. The third kappa shape index (κ3) is 3.61. The first kappa shape index (κ1) is 19.3. The van der Waals surface area contributed by atoms with Crippen LogP contribution in [0.25, 0.3) is 10.8 Å². The molecule has 152 valence electrons. The highest BCUT2D eigenvalue weighted by atomic mass is 32.2. The van der Waals surface area contributed by atoms with Crippen molar-refractivity contribution in [3.8, 4) is 0 Å². The summed E-state index contributed by atoms with van der Waals surface area (Å²) in [5.41, 5.74) is 2.50. The zero-order chi connectivity index (χ0) is 20.6. The molecule has 0 saturated carbocycles. The number of aromatic nitrogens is 1. The molecule has 4 aromatic rings. The summed E-state index contributed by atoms with van der Waals surface area (Å²) < 4.78 is 25.8. The van der Waals surface area contributed by atoms with Crippen LogP contribution in [0.4, 0.5) is 5.69 Å². The lowest BCUT2D eigenvalue weighted by Gasteiger charge is -2.28.